The summed E-state index contributed by atoms with van der Waals surface area (Å²) >= 11 is 0. The van der Waals surface area contributed by atoms with Crippen molar-refractivity contribution in [3.63, 3.8) is 0 Å². The number of aryl methyl sites for hydroxylation is 1. The Balaban J connectivity index is 1.30. The molecule has 0 amide bonds. The standard InChI is InChI=1S/C27H19FN6O2/c1-16-6-11-19(12-25(16)34-15-29-32-33-34)36-27-30-23-13-21(22(28)14-24(23)31-27)18-9-7-17(8-10-18)20-4-2-3-5-26(20)35/h2-15,35H,1H3,(H,30,31). The van der Waals surface area contributed by atoms with Crippen LogP contribution in [-0.4, -0.2) is 35.3 Å². The summed E-state index contributed by atoms with van der Waals surface area (Å²) in [6.45, 7) is 1.95. The predicted octanol–water partition coefficient (Wildman–Crippen LogP) is 5.82. The van der Waals surface area contributed by atoms with Crippen molar-refractivity contribution in [2.45, 2.75) is 6.92 Å². The molecule has 0 bridgehead atoms. The van der Waals surface area contributed by atoms with Gasteiger partial charge in [-0.25, -0.2) is 9.07 Å². The first-order chi connectivity index (χ1) is 17.5. The number of benzene rings is 4. The van der Waals surface area contributed by atoms with E-state index in [-0.39, 0.29) is 17.6 Å². The molecule has 6 rings (SSSR count). The second kappa shape index (κ2) is 8.62. The smallest absolute Gasteiger partial charge is 0.300 e. The molecule has 0 saturated carbocycles. The predicted molar refractivity (Wildman–Crippen MR) is 133 cm³/mol. The van der Waals surface area contributed by atoms with Crippen molar-refractivity contribution in [3.8, 4) is 45.5 Å². The number of imidazole rings is 1. The van der Waals surface area contributed by atoms with Crippen molar-refractivity contribution >= 4 is 11.0 Å². The molecule has 8 nitrogen and oxygen atoms in total. The molecule has 176 valence electrons. The average Bonchev–Trinajstić information content (AvgIpc) is 3.55. The molecule has 0 spiro atoms. The van der Waals surface area contributed by atoms with Crippen LogP contribution >= 0.6 is 0 Å². The number of fused-ring (bicyclic) bond motifs is 1. The molecule has 0 atom stereocenters. The normalized spacial score (nSPS) is 11.2. The second-order valence-electron chi connectivity index (χ2n) is 8.29. The van der Waals surface area contributed by atoms with Crippen LogP contribution in [0.5, 0.6) is 17.5 Å². The molecule has 0 aliphatic rings. The van der Waals surface area contributed by atoms with Gasteiger partial charge in [-0.2, -0.15) is 4.98 Å². The minimum Gasteiger partial charge on any atom is -0.507 e. The highest BCUT2D eigenvalue weighted by Crippen LogP contribution is 2.33. The number of aromatic hydroxyl groups is 1. The lowest BCUT2D eigenvalue weighted by Gasteiger charge is -2.07. The monoisotopic (exact) mass is 478 g/mol. The number of H-pyrrole nitrogens is 1. The van der Waals surface area contributed by atoms with Crippen molar-refractivity contribution in [1.29, 1.82) is 0 Å². The molecule has 0 aliphatic carbocycles. The third-order valence-electron chi connectivity index (χ3n) is 5.95. The number of rotatable bonds is 5. The second-order valence-corrected chi connectivity index (χ2v) is 8.29. The van der Waals surface area contributed by atoms with E-state index in [4.69, 9.17) is 4.74 Å². The zero-order valence-corrected chi connectivity index (χ0v) is 19.1. The van der Waals surface area contributed by atoms with E-state index in [1.165, 1.54) is 12.4 Å². The minimum atomic E-state index is -0.385. The van der Waals surface area contributed by atoms with Crippen molar-refractivity contribution in [2.24, 2.45) is 0 Å². The van der Waals surface area contributed by atoms with Crippen LogP contribution in [0.25, 0.3) is 39.0 Å². The van der Waals surface area contributed by atoms with Crippen molar-refractivity contribution in [3.05, 3.63) is 96.6 Å². The van der Waals surface area contributed by atoms with E-state index in [2.05, 4.69) is 25.5 Å². The van der Waals surface area contributed by atoms with E-state index in [0.717, 1.165) is 16.8 Å². The Morgan fingerprint density at radius 3 is 2.44 bits per heavy atom. The molecule has 0 unspecified atom stereocenters. The molecule has 0 saturated heterocycles. The zero-order valence-electron chi connectivity index (χ0n) is 19.1. The van der Waals surface area contributed by atoms with Gasteiger partial charge in [0.1, 0.15) is 23.6 Å². The molecule has 2 heterocycles. The fraction of sp³-hybridized carbons (Fsp3) is 0.0370. The van der Waals surface area contributed by atoms with Gasteiger partial charge in [0.05, 0.1) is 16.7 Å². The van der Waals surface area contributed by atoms with Crippen LogP contribution in [0, 0.1) is 12.7 Å². The maximum atomic E-state index is 15.0. The number of hydrogen-bond acceptors (Lipinski definition) is 6. The topological polar surface area (TPSA) is 102 Å². The van der Waals surface area contributed by atoms with E-state index in [1.807, 2.05) is 55.5 Å². The van der Waals surface area contributed by atoms with Gasteiger partial charge >= 0.3 is 0 Å². The van der Waals surface area contributed by atoms with E-state index < -0.39 is 0 Å². The summed E-state index contributed by atoms with van der Waals surface area (Å²) in [5, 5.41) is 21.4. The number of phenolic OH excluding ortho intramolecular Hbond substituents is 1. The van der Waals surface area contributed by atoms with Crippen LogP contribution in [0.2, 0.25) is 0 Å². The lowest BCUT2D eigenvalue weighted by atomic mass is 9.99. The van der Waals surface area contributed by atoms with Crippen LogP contribution < -0.4 is 4.74 Å². The summed E-state index contributed by atoms with van der Waals surface area (Å²) in [6, 6.07) is 23.3. The highest BCUT2D eigenvalue weighted by atomic mass is 19.1. The molecular formula is C27H19FN6O2. The van der Waals surface area contributed by atoms with Gasteiger partial charge in [0.25, 0.3) is 6.01 Å². The minimum absolute atomic E-state index is 0.195. The first-order valence-electron chi connectivity index (χ1n) is 11.1. The molecule has 2 aromatic heterocycles. The largest absolute Gasteiger partial charge is 0.507 e. The summed E-state index contributed by atoms with van der Waals surface area (Å²) in [4.78, 5) is 7.52. The Morgan fingerprint density at radius 2 is 1.69 bits per heavy atom. The number of phenols is 1. The maximum absolute atomic E-state index is 15.0. The summed E-state index contributed by atoms with van der Waals surface area (Å²) in [7, 11) is 0. The maximum Gasteiger partial charge on any atom is 0.300 e. The van der Waals surface area contributed by atoms with Crippen LogP contribution in [-0.2, 0) is 0 Å². The van der Waals surface area contributed by atoms with Gasteiger partial charge in [0.15, 0.2) is 0 Å². The summed E-state index contributed by atoms with van der Waals surface area (Å²) in [6.07, 6.45) is 1.51. The highest BCUT2D eigenvalue weighted by Gasteiger charge is 2.13. The SMILES string of the molecule is Cc1ccc(Oc2nc3cc(-c4ccc(-c5ccccc5O)cc4)c(F)cc3[nH]2)cc1-n1cnnn1. The number of halogens is 1. The van der Waals surface area contributed by atoms with Crippen molar-refractivity contribution in [2.75, 3.05) is 0 Å². The Kier molecular flexibility index (Phi) is 5.15. The van der Waals surface area contributed by atoms with E-state index in [0.29, 0.717) is 33.5 Å². The molecule has 0 fully saturated rings. The number of aromatic nitrogens is 6. The van der Waals surface area contributed by atoms with Crippen LogP contribution in [0.4, 0.5) is 4.39 Å². The average molecular weight is 478 g/mol. The zero-order chi connectivity index (χ0) is 24.6. The number of aromatic amines is 1. The third kappa shape index (κ3) is 3.92. The Morgan fingerprint density at radius 1 is 0.917 bits per heavy atom. The summed E-state index contributed by atoms with van der Waals surface area (Å²) in [5.41, 5.74) is 5.50. The first-order valence-corrected chi connectivity index (χ1v) is 11.1. The fourth-order valence-corrected chi connectivity index (χ4v) is 4.11. The van der Waals surface area contributed by atoms with Crippen LogP contribution in [0.3, 0.4) is 0 Å². The lowest BCUT2D eigenvalue weighted by Crippen LogP contribution is -1.99. The lowest BCUT2D eigenvalue weighted by molar-refractivity contribution is 0.449. The van der Waals surface area contributed by atoms with Crippen molar-refractivity contribution < 1.29 is 14.2 Å². The summed E-state index contributed by atoms with van der Waals surface area (Å²) in [5.74, 6) is 0.343. The Labute approximate surface area is 204 Å². The van der Waals surface area contributed by atoms with Gasteiger partial charge in [-0.3, -0.25) is 0 Å². The van der Waals surface area contributed by atoms with Gasteiger partial charge in [-0.1, -0.05) is 48.5 Å². The number of tetrazole rings is 1. The Bertz CT molecular complexity index is 1690. The molecule has 4 aromatic carbocycles. The molecule has 6 aromatic rings. The van der Waals surface area contributed by atoms with E-state index >= 15 is 4.39 Å². The van der Waals surface area contributed by atoms with E-state index in [1.54, 1.807) is 28.9 Å². The molecule has 0 radical (unpaired) electrons. The van der Waals surface area contributed by atoms with Gasteiger partial charge in [0, 0.05) is 23.3 Å². The van der Waals surface area contributed by atoms with Gasteiger partial charge in [-0.15, -0.1) is 5.10 Å². The summed E-state index contributed by atoms with van der Waals surface area (Å²) < 4.78 is 22.5. The quantitative estimate of drug-likeness (QED) is 0.324. The van der Waals surface area contributed by atoms with E-state index in [9.17, 15) is 5.11 Å². The van der Waals surface area contributed by atoms with Crippen LogP contribution in [0.15, 0.2) is 85.2 Å². The number of nitrogens with zero attached hydrogens (tertiary/aromatic N) is 5. The molecule has 0 aliphatic heterocycles. The van der Waals surface area contributed by atoms with Crippen LogP contribution in [0.1, 0.15) is 5.56 Å². The van der Waals surface area contributed by atoms with Gasteiger partial charge in [0.2, 0.25) is 0 Å². The first kappa shape index (κ1) is 21.5. The van der Waals surface area contributed by atoms with Gasteiger partial charge < -0.3 is 14.8 Å². The van der Waals surface area contributed by atoms with Gasteiger partial charge in [-0.05, 0) is 52.2 Å². The molecule has 36 heavy (non-hydrogen) atoms. The molecule has 2 N–H and O–H groups in total. The highest BCUT2D eigenvalue weighted by molar-refractivity contribution is 5.83. The Hall–Kier alpha value is -5.05. The molecule has 9 heteroatoms. The number of para-hydroxylation sites is 1. The molecular weight excluding hydrogens is 459 g/mol. The van der Waals surface area contributed by atoms with Crippen molar-refractivity contribution in [1.82, 2.24) is 30.2 Å². The fourth-order valence-electron chi connectivity index (χ4n) is 4.11. The number of ether oxygens (including phenoxy) is 1. The number of nitrogens with one attached hydrogen (secondary N) is 1. The number of hydrogen-bond donors (Lipinski definition) is 2. The third-order valence-corrected chi connectivity index (χ3v) is 5.95.